The maximum absolute atomic E-state index is 12.4. The first-order valence-electron chi connectivity index (χ1n) is 10.1. The van der Waals surface area contributed by atoms with Gasteiger partial charge in [-0.15, -0.1) is 21.5 Å². The number of amides is 1. The molecule has 0 spiro atoms. The second-order valence-electron chi connectivity index (χ2n) is 7.14. The molecule has 0 aliphatic carbocycles. The number of thioether (sulfide) groups is 1. The van der Waals surface area contributed by atoms with E-state index in [-0.39, 0.29) is 18.3 Å². The van der Waals surface area contributed by atoms with Crippen LogP contribution in [0, 0.1) is 6.92 Å². The lowest BCUT2D eigenvalue weighted by Gasteiger charge is -2.10. The predicted octanol–water partition coefficient (Wildman–Crippen LogP) is 4.57. The Balaban J connectivity index is 1.30. The van der Waals surface area contributed by atoms with Crippen molar-refractivity contribution in [3.63, 3.8) is 0 Å². The van der Waals surface area contributed by atoms with Crippen LogP contribution in [-0.4, -0.2) is 38.5 Å². The number of carbonyl (C=O) groups is 1. The molecular formula is C23H23N5O3S2. The van der Waals surface area contributed by atoms with Crippen LogP contribution in [0.5, 0.6) is 11.5 Å². The maximum atomic E-state index is 12.4. The Hall–Kier alpha value is -3.37. The van der Waals surface area contributed by atoms with Crippen molar-refractivity contribution in [2.75, 3.05) is 18.2 Å². The first-order chi connectivity index (χ1) is 16.0. The molecule has 33 heavy (non-hydrogen) atoms. The largest absolute Gasteiger partial charge is 0.493 e. The van der Waals surface area contributed by atoms with Gasteiger partial charge in [0.1, 0.15) is 6.61 Å². The van der Waals surface area contributed by atoms with E-state index in [1.54, 1.807) is 7.11 Å². The Morgan fingerprint density at radius 2 is 1.88 bits per heavy atom. The minimum absolute atomic E-state index is 0.153. The van der Waals surface area contributed by atoms with E-state index < -0.39 is 0 Å². The molecule has 0 fully saturated rings. The molecule has 2 aromatic carbocycles. The Labute approximate surface area is 200 Å². The number of rotatable bonds is 9. The molecule has 1 amide bonds. The van der Waals surface area contributed by atoms with E-state index in [9.17, 15) is 4.79 Å². The first-order valence-corrected chi connectivity index (χ1v) is 12.0. The fraction of sp³-hybridized carbons (Fsp3) is 0.217. The molecule has 4 rings (SSSR count). The van der Waals surface area contributed by atoms with E-state index >= 15 is 0 Å². The van der Waals surface area contributed by atoms with Gasteiger partial charge in [0.15, 0.2) is 27.6 Å². The topological polar surface area (TPSA) is 91.2 Å². The van der Waals surface area contributed by atoms with Gasteiger partial charge in [0.25, 0.3) is 0 Å². The van der Waals surface area contributed by atoms with Gasteiger partial charge in [0, 0.05) is 18.0 Å². The quantitative estimate of drug-likeness (QED) is 0.350. The molecule has 0 radical (unpaired) electrons. The summed E-state index contributed by atoms with van der Waals surface area (Å²) in [4.78, 5) is 16.9. The summed E-state index contributed by atoms with van der Waals surface area (Å²) >= 11 is 2.70. The number of methoxy groups -OCH3 is 1. The molecule has 8 nitrogen and oxygen atoms in total. The highest BCUT2D eigenvalue weighted by molar-refractivity contribution is 7.99. The SMILES string of the molecule is COc1ccccc1OCc1nnc(SCC(=O)Nc2nc(-c3ccc(C)cc3)cs2)n1C. The number of carbonyl (C=O) groups excluding carboxylic acids is 1. The summed E-state index contributed by atoms with van der Waals surface area (Å²) in [6.45, 7) is 2.28. The van der Waals surface area contributed by atoms with Crippen LogP contribution in [0.15, 0.2) is 59.1 Å². The number of nitrogens with one attached hydrogen (secondary N) is 1. The number of anilines is 1. The zero-order valence-corrected chi connectivity index (χ0v) is 20.1. The van der Waals surface area contributed by atoms with Gasteiger partial charge in [-0.05, 0) is 19.1 Å². The Morgan fingerprint density at radius 1 is 1.12 bits per heavy atom. The van der Waals surface area contributed by atoms with Crippen molar-refractivity contribution in [2.45, 2.75) is 18.7 Å². The van der Waals surface area contributed by atoms with Gasteiger partial charge in [0.05, 0.1) is 18.6 Å². The Morgan fingerprint density at radius 3 is 2.64 bits per heavy atom. The third-order valence-electron chi connectivity index (χ3n) is 4.78. The van der Waals surface area contributed by atoms with Gasteiger partial charge in [-0.1, -0.05) is 53.7 Å². The van der Waals surface area contributed by atoms with Crippen LogP contribution in [0.3, 0.4) is 0 Å². The van der Waals surface area contributed by atoms with Crippen LogP contribution >= 0.6 is 23.1 Å². The number of thiazole rings is 1. The van der Waals surface area contributed by atoms with Crippen LogP contribution in [0.4, 0.5) is 5.13 Å². The lowest BCUT2D eigenvalue weighted by Crippen LogP contribution is -2.14. The van der Waals surface area contributed by atoms with Gasteiger partial charge in [-0.3, -0.25) is 4.79 Å². The molecule has 0 aliphatic heterocycles. The van der Waals surface area contributed by atoms with Crippen molar-refractivity contribution < 1.29 is 14.3 Å². The monoisotopic (exact) mass is 481 g/mol. The molecule has 0 saturated carbocycles. The normalized spacial score (nSPS) is 10.8. The zero-order chi connectivity index (χ0) is 23.2. The molecule has 170 valence electrons. The number of hydrogen-bond donors (Lipinski definition) is 1. The summed E-state index contributed by atoms with van der Waals surface area (Å²) in [6, 6.07) is 15.5. The molecule has 0 atom stereocenters. The van der Waals surface area contributed by atoms with Crippen LogP contribution in [0.25, 0.3) is 11.3 Å². The van der Waals surface area contributed by atoms with Gasteiger partial charge >= 0.3 is 0 Å². The minimum atomic E-state index is -0.153. The van der Waals surface area contributed by atoms with E-state index in [1.807, 2.05) is 72.4 Å². The van der Waals surface area contributed by atoms with Gasteiger partial charge < -0.3 is 19.4 Å². The summed E-state index contributed by atoms with van der Waals surface area (Å²) in [7, 11) is 3.44. The molecule has 4 aromatic rings. The van der Waals surface area contributed by atoms with Gasteiger partial charge in [0.2, 0.25) is 5.91 Å². The maximum Gasteiger partial charge on any atom is 0.236 e. The molecule has 0 saturated heterocycles. The van der Waals surface area contributed by atoms with Gasteiger partial charge in [-0.2, -0.15) is 0 Å². The van der Waals surface area contributed by atoms with Crippen LogP contribution in [0.1, 0.15) is 11.4 Å². The molecule has 0 unspecified atom stereocenters. The van der Waals surface area contributed by atoms with Crippen molar-refractivity contribution in [3.05, 3.63) is 65.3 Å². The van der Waals surface area contributed by atoms with Crippen LogP contribution < -0.4 is 14.8 Å². The molecule has 0 aliphatic rings. The number of nitrogens with zero attached hydrogens (tertiary/aromatic N) is 4. The van der Waals surface area contributed by atoms with Crippen molar-refractivity contribution in [1.29, 1.82) is 0 Å². The summed E-state index contributed by atoms with van der Waals surface area (Å²) in [5, 5.41) is 14.3. The van der Waals surface area contributed by atoms with E-state index in [0.717, 1.165) is 11.3 Å². The van der Waals surface area contributed by atoms with Crippen molar-refractivity contribution in [3.8, 4) is 22.8 Å². The van der Waals surface area contributed by atoms with Crippen LogP contribution in [0.2, 0.25) is 0 Å². The smallest absolute Gasteiger partial charge is 0.236 e. The van der Waals surface area contributed by atoms with Gasteiger partial charge in [-0.25, -0.2) is 4.98 Å². The summed E-state index contributed by atoms with van der Waals surface area (Å²) in [5.74, 6) is 1.97. The molecule has 1 N–H and O–H groups in total. The molecule has 10 heteroatoms. The lowest BCUT2D eigenvalue weighted by molar-refractivity contribution is -0.113. The van der Waals surface area contributed by atoms with E-state index in [4.69, 9.17) is 9.47 Å². The summed E-state index contributed by atoms with van der Waals surface area (Å²) < 4.78 is 12.9. The molecule has 2 aromatic heterocycles. The van der Waals surface area contributed by atoms with E-state index in [2.05, 4.69) is 20.5 Å². The van der Waals surface area contributed by atoms with E-state index in [0.29, 0.717) is 27.6 Å². The fourth-order valence-corrected chi connectivity index (χ4v) is 4.42. The number of hydrogen-bond acceptors (Lipinski definition) is 8. The first kappa shape index (κ1) is 22.8. The molecule has 2 heterocycles. The average molecular weight is 482 g/mol. The highest BCUT2D eigenvalue weighted by Gasteiger charge is 2.14. The second kappa shape index (κ2) is 10.5. The third kappa shape index (κ3) is 5.71. The van der Waals surface area contributed by atoms with Crippen molar-refractivity contribution >= 4 is 34.1 Å². The fourth-order valence-electron chi connectivity index (χ4n) is 2.95. The minimum Gasteiger partial charge on any atom is -0.493 e. The van der Waals surface area contributed by atoms with Crippen molar-refractivity contribution in [1.82, 2.24) is 19.7 Å². The van der Waals surface area contributed by atoms with E-state index in [1.165, 1.54) is 28.7 Å². The summed E-state index contributed by atoms with van der Waals surface area (Å²) in [6.07, 6.45) is 0. The highest BCUT2D eigenvalue weighted by Crippen LogP contribution is 2.27. The highest BCUT2D eigenvalue weighted by atomic mass is 32.2. The number of para-hydroxylation sites is 2. The second-order valence-corrected chi connectivity index (χ2v) is 8.94. The predicted molar refractivity (Wildman–Crippen MR) is 130 cm³/mol. The van der Waals surface area contributed by atoms with Crippen molar-refractivity contribution in [2.24, 2.45) is 7.05 Å². The average Bonchev–Trinajstić information content (AvgIpc) is 3.43. The zero-order valence-electron chi connectivity index (χ0n) is 18.4. The summed E-state index contributed by atoms with van der Waals surface area (Å²) in [5.41, 5.74) is 3.06. The number of aromatic nitrogens is 4. The molecular weight excluding hydrogens is 458 g/mol. The number of benzene rings is 2. The Bertz CT molecular complexity index is 1240. The Kier molecular flexibility index (Phi) is 7.26. The molecule has 0 bridgehead atoms. The standard InChI is InChI=1S/C23H23N5O3S2/c1-15-8-10-16(11-9-15)17-13-32-22(24-17)25-21(29)14-33-23-27-26-20(28(23)2)12-31-19-7-5-4-6-18(19)30-3/h4-11,13H,12,14H2,1-3H3,(H,24,25,29). The lowest BCUT2D eigenvalue weighted by atomic mass is 10.1. The van der Waals surface area contributed by atoms with Crippen LogP contribution in [-0.2, 0) is 18.4 Å². The third-order valence-corrected chi connectivity index (χ3v) is 6.56. The number of aryl methyl sites for hydroxylation is 1. The number of ether oxygens (including phenoxy) is 2.